The van der Waals surface area contributed by atoms with Crippen LogP contribution in [0.15, 0.2) is 6.07 Å². The Morgan fingerprint density at radius 3 is 2.53 bits per heavy atom. The molecule has 1 aromatic rings. The summed E-state index contributed by atoms with van der Waals surface area (Å²) < 4.78 is 1.95. The van der Waals surface area contributed by atoms with Gasteiger partial charge in [-0.05, 0) is 30.9 Å². The predicted molar refractivity (Wildman–Crippen MR) is 70.6 cm³/mol. The molecule has 17 heavy (non-hydrogen) atoms. The molecule has 0 aliphatic rings. The van der Waals surface area contributed by atoms with E-state index in [-0.39, 0.29) is 0 Å². The fraction of sp³-hybridized carbons (Fsp3) is 0.643. The van der Waals surface area contributed by atoms with Gasteiger partial charge < -0.3 is 9.88 Å². The van der Waals surface area contributed by atoms with Crippen LogP contribution in [-0.4, -0.2) is 10.6 Å². The first kappa shape index (κ1) is 13.8. The fourth-order valence-electron chi connectivity index (χ4n) is 2.14. The van der Waals surface area contributed by atoms with Crippen LogP contribution in [0.4, 0.5) is 0 Å². The summed E-state index contributed by atoms with van der Waals surface area (Å²) in [6, 6.07) is 4.74. The molecule has 0 saturated carbocycles. The quantitative estimate of drug-likeness (QED) is 0.849. The van der Waals surface area contributed by atoms with Crippen molar-refractivity contribution in [3.8, 4) is 6.07 Å². The van der Waals surface area contributed by atoms with Gasteiger partial charge in [0.05, 0.1) is 0 Å². The highest BCUT2D eigenvalue weighted by Gasteiger charge is 2.13. The van der Waals surface area contributed by atoms with Gasteiger partial charge >= 0.3 is 0 Å². The number of hydrogen-bond acceptors (Lipinski definition) is 2. The number of hydrogen-bond donors (Lipinski definition) is 1. The third-order valence-electron chi connectivity index (χ3n) is 3.55. The summed E-state index contributed by atoms with van der Waals surface area (Å²) in [5.41, 5.74) is 3.13. The van der Waals surface area contributed by atoms with E-state index in [9.17, 15) is 0 Å². The zero-order valence-electron chi connectivity index (χ0n) is 11.5. The summed E-state index contributed by atoms with van der Waals surface area (Å²) in [4.78, 5) is 0. The molecular formula is C14H23N3. The van der Waals surface area contributed by atoms with Gasteiger partial charge in [-0.2, -0.15) is 5.26 Å². The third-order valence-corrected chi connectivity index (χ3v) is 3.55. The molecule has 0 aromatic carbocycles. The summed E-state index contributed by atoms with van der Waals surface area (Å²) in [5.74, 6) is 0.638. The molecule has 3 heteroatoms. The molecule has 1 N–H and O–H groups in total. The highest BCUT2D eigenvalue weighted by atomic mass is 15.0. The molecule has 3 nitrogen and oxygen atoms in total. The van der Waals surface area contributed by atoms with E-state index in [0.29, 0.717) is 12.0 Å². The van der Waals surface area contributed by atoms with Crippen molar-refractivity contribution in [3.05, 3.63) is 23.0 Å². The van der Waals surface area contributed by atoms with Crippen LogP contribution in [0.2, 0.25) is 0 Å². The maximum absolute atomic E-state index is 8.98. The first-order chi connectivity index (χ1) is 8.01. The van der Waals surface area contributed by atoms with Gasteiger partial charge in [-0.1, -0.05) is 20.8 Å². The minimum atomic E-state index is 0.542. The van der Waals surface area contributed by atoms with E-state index < -0.39 is 0 Å². The van der Waals surface area contributed by atoms with Crippen LogP contribution in [0.25, 0.3) is 0 Å². The lowest BCUT2D eigenvalue weighted by atomic mass is 10.0. The van der Waals surface area contributed by atoms with Crippen LogP contribution >= 0.6 is 0 Å². The second-order valence-corrected chi connectivity index (χ2v) is 4.95. The van der Waals surface area contributed by atoms with Crippen LogP contribution in [0.5, 0.6) is 0 Å². The van der Waals surface area contributed by atoms with Crippen molar-refractivity contribution < 1.29 is 0 Å². The molecule has 0 aliphatic heterocycles. The Labute approximate surface area is 104 Å². The Hall–Kier alpha value is -1.27. The zero-order chi connectivity index (χ0) is 13.0. The van der Waals surface area contributed by atoms with Crippen LogP contribution < -0.4 is 5.32 Å². The summed E-state index contributed by atoms with van der Waals surface area (Å²) in [6.07, 6.45) is 1.13. The van der Waals surface area contributed by atoms with Gasteiger partial charge in [-0.25, -0.2) is 0 Å². The van der Waals surface area contributed by atoms with Crippen LogP contribution in [-0.2, 0) is 13.6 Å². The lowest BCUT2D eigenvalue weighted by Crippen LogP contribution is -2.32. The predicted octanol–water partition coefficient (Wildman–Crippen LogP) is 2.73. The molecule has 0 aliphatic carbocycles. The van der Waals surface area contributed by atoms with Crippen LogP contribution in [0.1, 0.15) is 44.1 Å². The van der Waals surface area contributed by atoms with Crippen LogP contribution in [0.3, 0.4) is 0 Å². The molecule has 0 radical (unpaired) electrons. The first-order valence-corrected chi connectivity index (χ1v) is 6.29. The van der Waals surface area contributed by atoms with E-state index in [1.54, 1.807) is 0 Å². The molecule has 94 valence electrons. The van der Waals surface area contributed by atoms with E-state index in [4.69, 9.17) is 5.26 Å². The molecular weight excluding hydrogens is 210 g/mol. The number of nitrogens with one attached hydrogen (secondary N) is 1. The standard InChI is InChI=1S/C14H23N3/c1-6-14(10(2)3)16-9-12-7-13(8-15)17(5)11(12)4/h7,10,14,16H,6,9H2,1-5H3. The van der Waals surface area contributed by atoms with Crippen molar-refractivity contribution >= 4 is 0 Å². The van der Waals surface area contributed by atoms with Crippen molar-refractivity contribution in [1.82, 2.24) is 9.88 Å². The maximum Gasteiger partial charge on any atom is 0.120 e. The molecule has 1 aromatic heterocycles. The average Bonchev–Trinajstić information content (AvgIpc) is 2.57. The van der Waals surface area contributed by atoms with Gasteiger partial charge in [0.15, 0.2) is 0 Å². The molecule has 1 heterocycles. The summed E-state index contributed by atoms with van der Waals surface area (Å²) in [5, 5.41) is 12.5. The minimum absolute atomic E-state index is 0.542. The van der Waals surface area contributed by atoms with Crippen molar-refractivity contribution in [2.24, 2.45) is 13.0 Å². The van der Waals surface area contributed by atoms with Crippen molar-refractivity contribution in [3.63, 3.8) is 0 Å². The van der Waals surface area contributed by atoms with E-state index in [2.05, 4.69) is 39.1 Å². The molecule has 0 fully saturated rings. The van der Waals surface area contributed by atoms with Gasteiger partial charge in [-0.3, -0.25) is 0 Å². The van der Waals surface area contributed by atoms with Crippen LogP contribution in [0, 0.1) is 24.2 Å². The largest absolute Gasteiger partial charge is 0.340 e. The molecule has 1 rings (SSSR count). The normalized spacial score (nSPS) is 12.8. The maximum atomic E-state index is 8.98. The first-order valence-electron chi connectivity index (χ1n) is 6.29. The topological polar surface area (TPSA) is 40.8 Å². The SMILES string of the molecule is CCC(NCc1cc(C#N)n(C)c1C)C(C)C. The lowest BCUT2D eigenvalue weighted by Gasteiger charge is -2.20. The second-order valence-electron chi connectivity index (χ2n) is 4.95. The van der Waals surface area contributed by atoms with E-state index in [1.807, 2.05) is 17.7 Å². The van der Waals surface area contributed by atoms with Gasteiger partial charge in [0, 0.05) is 25.3 Å². The number of nitrogens with zero attached hydrogens (tertiary/aromatic N) is 2. The molecule has 1 atom stereocenters. The third kappa shape index (κ3) is 3.10. The molecule has 0 spiro atoms. The smallest absolute Gasteiger partial charge is 0.120 e. The van der Waals surface area contributed by atoms with Gasteiger partial charge in [0.25, 0.3) is 0 Å². The van der Waals surface area contributed by atoms with Gasteiger partial charge in [-0.15, -0.1) is 0 Å². The monoisotopic (exact) mass is 233 g/mol. The molecule has 0 amide bonds. The number of nitriles is 1. The zero-order valence-corrected chi connectivity index (χ0v) is 11.5. The van der Waals surface area contributed by atoms with E-state index in [1.165, 1.54) is 11.3 Å². The Kier molecular flexibility index (Phi) is 4.77. The molecule has 0 bridgehead atoms. The summed E-state index contributed by atoms with van der Waals surface area (Å²) in [7, 11) is 1.94. The second kappa shape index (κ2) is 5.88. The number of rotatable bonds is 5. The number of aromatic nitrogens is 1. The highest BCUT2D eigenvalue weighted by molar-refractivity contribution is 5.34. The minimum Gasteiger partial charge on any atom is -0.340 e. The van der Waals surface area contributed by atoms with Gasteiger partial charge in [0.2, 0.25) is 0 Å². The van der Waals surface area contributed by atoms with Gasteiger partial charge in [0.1, 0.15) is 11.8 Å². The summed E-state index contributed by atoms with van der Waals surface area (Å²) >= 11 is 0. The van der Waals surface area contributed by atoms with E-state index in [0.717, 1.165) is 18.7 Å². The van der Waals surface area contributed by atoms with Crippen molar-refractivity contribution in [1.29, 1.82) is 5.26 Å². The highest BCUT2D eigenvalue weighted by Crippen LogP contribution is 2.14. The molecule has 1 unspecified atom stereocenters. The molecule has 0 saturated heterocycles. The fourth-order valence-corrected chi connectivity index (χ4v) is 2.14. The Morgan fingerprint density at radius 2 is 2.12 bits per heavy atom. The lowest BCUT2D eigenvalue weighted by molar-refractivity contribution is 0.387. The Morgan fingerprint density at radius 1 is 1.47 bits per heavy atom. The van der Waals surface area contributed by atoms with Crippen molar-refractivity contribution in [2.75, 3.05) is 0 Å². The summed E-state index contributed by atoms with van der Waals surface area (Å²) in [6.45, 7) is 9.59. The Balaban J connectivity index is 2.73. The van der Waals surface area contributed by atoms with E-state index >= 15 is 0 Å². The Bertz CT molecular complexity index is 410. The average molecular weight is 233 g/mol. The van der Waals surface area contributed by atoms with Crippen molar-refractivity contribution in [2.45, 2.75) is 46.7 Å².